The van der Waals surface area contributed by atoms with E-state index in [1.807, 2.05) is 12.1 Å². The van der Waals surface area contributed by atoms with Crippen LogP contribution in [-0.4, -0.2) is 17.6 Å². The van der Waals surface area contributed by atoms with Crippen LogP contribution in [0, 0.1) is 5.41 Å². The predicted octanol–water partition coefficient (Wildman–Crippen LogP) is 2.97. The molecule has 0 aromatic carbocycles. The third kappa shape index (κ3) is 3.37. The molecule has 1 unspecified atom stereocenters. The highest BCUT2D eigenvalue weighted by Crippen LogP contribution is 2.48. The van der Waals surface area contributed by atoms with E-state index in [1.54, 1.807) is 11.3 Å². The Labute approximate surface area is 116 Å². The van der Waals surface area contributed by atoms with E-state index in [0.29, 0.717) is 12.3 Å². The largest absolute Gasteiger partial charge is 0.409 e. The second-order valence-electron chi connectivity index (χ2n) is 5.01. The lowest BCUT2D eigenvalue weighted by atomic mass is 10.0. The van der Waals surface area contributed by atoms with Crippen molar-refractivity contribution in [3.63, 3.8) is 0 Å². The molecule has 18 heavy (non-hydrogen) atoms. The summed E-state index contributed by atoms with van der Waals surface area (Å²) in [5.74, 6) is 0.320. The van der Waals surface area contributed by atoms with Crippen LogP contribution in [0.2, 0.25) is 4.34 Å². The van der Waals surface area contributed by atoms with E-state index < -0.39 is 0 Å². The van der Waals surface area contributed by atoms with Gasteiger partial charge < -0.3 is 16.3 Å². The summed E-state index contributed by atoms with van der Waals surface area (Å²) in [7, 11) is 0. The number of thiophene rings is 1. The molecule has 6 heteroatoms. The number of hydrogen-bond acceptors (Lipinski definition) is 4. The van der Waals surface area contributed by atoms with Gasteiger partial charge in [0.1, 0.15) is 5.84 Å². The van der Waals surface area contributed by atoms with Crippen LogP contribution >= 0.6 is 22.9 Å². The minimum Gasteiger partial charge on any atom is -0.409 e. The van der Waals surface area contributed by atoms with Crippen molar-refractivity contribution in [1.29, 1.82) is 0 Å². The fraction of sp³-hybridized carbons (Fsp3) is 0.583. The molecule has 0 bridgehead atoms. The molecular formula is C12H18ClN3OS. The maximum absolute atomic E-state index is 8.61. The molecule has 0 spiro atoms. The van der Waals surface area contributed by atoms with Crippen molar-refractivity contribution in [2.75, 3.05) is 6.54 Å². The number of nitrogens with zero attached hydrogens (tertiary/aromatic N) is 1. The predicted molar refractivity (Wildman–Crippen MR) is 75.4 cm³/mol. The van der Waals surface area contributed by atoms with Crippen molar-refractivity contribution in [3.8, 4) is 0 Å². The maximum atomic E-state index is 8.61. The van der Waals surface area contributed by atoms with Crippen molar-refractivity contribution < 1.29 is 5.21 Å². The topological polar surface area (TPSA) is 70.6 Å². The fourth-order valence-corrected chi connectivity index (χ4v) is 3.13. The van der Waals surface area contributed by atoms with E-state index in [9.17, 15) is 0 Å². The monoisotopic (exact) mass is 287 g/mol. The molecule has 4 nitrogen and oxygen atoms in total. The average molecular weight is 288 g/mol. The first-order valence-corrected chi connectivity index (χ1v) is 7.19. The molecule has 100 valence electrons. The minimum atomic E-state index is 0.186. The van der Waals surface area contributed by atoms with Crippen LogP contribution in [0.1, 0.15) is 37.1 Å². The van der Waals surface area contributed by atoms with E-state index in [-0.39, 0.29) is 11.5 Å². The van der Waals surface area contributed by atoms with Crippen LogP contribution in [0.25, 0.3) is 0 Å². The van der Waals surface area contributed by atoms with Gasteiger partial charge in [0.05, 0.1) is 4.34 Å². The Hall–Kier alpha value is -0.780. The highest BCUT2D eigenvalue weighted by atomic mass is 35.5. The van der Waals surface area contributed by atoms with Crippen LogP contribution in [-0.2, 0) is 0 Å². The zero-order chi connectivity index (χ0) is 13.2. The Morgan fingerprint density at radius 3 is 2.89 bits per heavy atom. The van der Waals surface area contributed by atoms with Crippen molar-refractivity contribution in [3.05, 3.63) is 21.3 Å². The lowest BCUT2D eigenvalue weighted by Crippen LogP contribution is -2.29. The van der Waals surface area contributed by atoms with E-state index in [0.717, 1.165) is 23.7 Å². The molecule has 1 heterocycles. The first-order valence-electron chi connectivity index (χ1n) is 6.00. The highest BCUT2D eigenvalue weighted by molar-refractivity contribution is 7.16. The molecule has 4 N–H and O–H groups in total. The Bertz CT molecular complexity index is 442. The summed E-state index contributed by atoms with van der Waals surface area (Å²) in [5, 5.41) is 15.2. The van der Waals surface area contributed by atoms with Gasteiger partial charge in [0.25, 0.3) is 0 Å². The number of oxime groups is 1. The molecule has 0 saturated heterocycles. The lowest BCUT2D eigenvalue weighted by molar-refractivity contribution is 0.313. The maximum Gasteiger partial charge on any atom is 0.139 e. The molecule has 1 aromatic rings. The van der Waals surface area contributed by atoms with Crippen LogP contribution in [0.5, 0.6) is 0 Å². The molecule has 1 fully saturated rings. The molecule has 1 aromatic heterocycles. The summed E-state index contributed by atoms with van der Waals surface area (Å²) < 4.78 is 0.816. The number of rotatable bonds is 6. The quantitative estimate of drug-likeness (QED) is 0.326. The van der Waals surface area contributed by atoms with E-state index >= 15 is 0 Å². The number of nitrogens with two attached hydrogens (primary N) is 1. The van der Waals surface area contributed by atoms with Gasteiger partial charge in [-0.1, -0.05) is 16.8 Å². The van der Waals surface area contributed by atoms with Crippen LogP contribution in [0.3, 0.4) is 0 Å². The van der Waals surface area contributed by atoms with Gasteiger partial charge in [0.15, 0.2) is 0 Å². The van der Waals surface area contributed by atoms with Crippen molar-refractivity contribution in [2.45, 2.75) is 32.2 Å². The summed E-state index contributed by atoms with van der Waals surface area (Å²) >= 11 is 7.52. The van der Waals surface area contributed by atoms with Crippen LogP contribution < -0.4 is 11.1 Å². The third-order valence-corrected chi connectivity index (χ3v) is 4.86. The fourth-order valence-electron chi connectivity index (χ4n) is 2.04. The second kappa shape index (κ2) is 5.47. The molecule has 2 rings (SSSR count). The summed E-state index contributed by atoms with van der Waals surface area (Å²) in [4.78, 5) is 1.24. The zero-order valence-electron chi connectivity index (χ0n) is 10.3. The Kier molecular flexibility index (Phi) is 4.14. The Morgan fingerprint density at radius 1 is 1.67 bits per heavy atom. The average Bonchev–Trinajstić information content (AvgIpc) is 2.98. The van der Waals surface area contributed by atoms with Gasteiger partial charge in [-0.05, 0) is 37.3 Å². The number of nitrogens with one attached hydrogen (secondary N) is 1. The van der Waals surface area contributed by atoms with Gasteiger partial charge in [-0.25, -0.2) is 0 Å². The Morgan fingerprint density at radius 2 is 2.39 bits per heavy atom. The first kappa shape index (κ1) is 13.6. The second-order valence-corrected chi connectivity index (χ2v) is 6.76. The standard InChI is InChI=1S/C12H18ClN3OS/c1-8(9-2-3-10(13)18-9)15-7-12(4-5-12)6-11(14)16-17/h2-3,8,15,17H,4-7H2,1H3,(H2,14,16). The molecule has 1 aliphatic carbocycles. The summed E-state index contributed by atoms with van der Waals surface area (Å²) in [6.07, 6.45) is 2.93. The highest BCUT2D eigenvalue weighted by Gasteiger charge is 2.43. The minimum absolute atomic E-state index is 0.186. The summed E-state index contributed by atoms with van der Waals surface area (Å²) in [5.41, 5.74) is 5.76. The van der Waals surface area contributed by atoms with Gasteiger partial charge in [0, 0.05) is 23.9 Å². The van der Waals surface area contributed by atoms with E-state index in [2.05, 4.69) is 17.4 Å². The summed E-state index contributed by atoms with van der Waals surface area (Å²) in [6, 6.07) is 4.25. The normalized spacial score (nSPS) is 19.8. The third-order valence-electron chi connectivity index (χ3n) is 3.45. The van der Waals surface area contributed by atoms with Gasteiger partial charge in [-0.3, -0.25) is 0 Å². The number of halogens is 1. The van der Waals surface area contributed by atoms with Gasteiger partial charge in [0.2, 0.25) is 0 Å². The van der Waals surface area contributed by atoms with Gasteiger partial charge in [-0.15, -0.1) is 11.3 Å². The zero-order valence-corrected chi connectivity index (χ0v) is 11.9. The van der Waals surface area contributed by atoms with E-state index in [1.165, 1.54) is 4.88 Å². The molecular weight excluding hydrogens is 270 g/mol. The summed E-state index contributed by atoms with van der Waals surface area (Å²) in [6.45, 7) is 3.02. The molecule has 0 aliphatic heterocycles. The molecule has 0 amide bonds. The van der Waals surface area contributed by atoms with Crippen LogP contribution in [0.4, 0.5) is 0 Å². The Balaban J connectivity index is 1.84. The van der Waals surface area contributed by atoms with Crippen molar-refractivity contribution in [1.82, 2.24) is 5.32 Å². The van der Waals surface area contributed by atoms with Crippen LogP contribution in [0.15, 0.2) is 17.3 Å². The SMILES string of the molecule is CC(NCC1(CC(N)=NO)CC1)c1ccc(Cl)s1. The smallest absolute Gasteiger partial charge is 0.139 e. The van der Waals surface area contributed by atoms with Crippen molar-refractivity contribution >= 4 is 28.8 Å². The lowest BCUT2D eigenvalue weighted by Gasteiger charge is -2.18. The first-order chi connectivity index (χ1) is 8.54. The van der Waals surface area contributed by atoms with Gasteiger partial charge in [-0.2, -0.15) is 0 Å². The molecule has 1 atom stereocenters. The molecule has 1 saturated carbocycles. The molecule has 0 radical (unpaired) electrons. The molecule has 1 aliphatic rings. The van der Waals surface area contributed by atoms with Gasteiger partial charge >= 0.3 is 0 Å². The van der Waals surface area contributed by atoms with E-state index in [4.69, 9.17) is 22.5 Å². The van der Waals surface area contributed by atoms with Crippen molar-refractivity contribution in [2.24, 2.45) is 16.3 Å². The number of hydrogen-bond donors (Lipinski definition) is 3. The number of amidine groups is 1.